The van der Waals surface area contributed by atoms with Gasteiger partial charge >= 0.3 is 0 Å². The van der Waals surface area contributed by atoms with Crippen LogP contribution in [0.1, 0.15) is 0 Å². The lowest BCUT2D eigenvalue weighted by Crippen LogP contribution is -2.00. The minimum atomic E-state index is 0.591. The summed E-state index contributed by atoms with van der Waals surface area (Å²) in [4.78, 5) is 15.3. The number of benzene rings is 7. The Morgan fingerprint density at radius 3 is 1.52 bits per heavy atom. The van der Waals surface area contributed by atoms with Crippen molar-refractivity contribution >= 4 is 37.9 Å². The maximum atomic E-state index is 6.27. The highest BCUT2D eigenvalue weighted by atomic mass is 79.9. The molecular formula is C45H28BrN3O. The molecule has 0 saturated carbocycles. The van der Waals surface area contributed by atoms with E-state index in [-0.39, 0.29) is 0 Å². The minimum Gasteiger partial charge on any atom is -0.456 e. The summed E-state index contributed by atoms with van der Waals surface area (Å²) < 4.78 is 7.23. The largest absolute Gasteiger partial charge is 0.456 e. The number of furan rings is 1. The van der Waals surface area contributed by atoms with E-state index in [1.54, 1.807) is 0 Å². The van der Waals surface area contributed by atoms with Crippen LogP contribution in [0, 0.1) is 0 Å². The van der Waals surface area contributed by atoms with E-state index < -0.39 is 0 Å². The standard InChI is InChI=1S/C45H28BrN3O/c46-37-22-23-38-41(28-37)50-40-21-11-20-39(42(38)40)45-48-43(31-16-8-3-9-17-31)47-44(49-45)33-19-10-18-32(24-33)36-26-34(29-12-4-1-5-13-29)25-35(27-36)30-14-6-2-7-15-30/h1-28H. The minimum absolute atomic E-state index is 0.591. The van der Waals surface area contributed by atoms with Gasteiger partial charge < -0.3 is 4.42 Å². The van der Waals surface area contributed by atoms with E-state index in [0.717, 1.165) is 65.4 Å². The monoisotopic (exact) mass is 705 g/mol. The Kier molecular flexibility index (Phi) is 7.60. The Hall–Kier alpha value is -6.17. The maximum Gasteiger partial charge on any atom is 0.164 e. The average Bonchev–Trinajstić information content (AvgIpc) is 3.56. The molecule has 0 amide bonds. The number of rotatable bonds is 6. The highest BCUT2D eigenvalue weighted by Crippen LogP contribution is 2.38. The molecule has 0 unspecified atom stereocenters. The van der Waals surface area contributed by atoms with Crippen LogP contribution in [0.3, 0.4) is 0 Å². The van der Waals surface area contributed by atoms with Gasteiger partial charge in [-0.3, -0.25) is 0 Å². The normalized spacial score (nSPS) is 11.3. The predicted molar refractivity (Wildman–Crippen MR) is 207 cm³/mol. The van der Waals surface area contributed by atoms with Crippen LogP contribution in [0.15, 0.2) is 179 Å². The van der Waals surface area contributed by atoms with Crippen LogP contribution in [0.5, 0.6) is 0 Å². The summed E-state index contributed by atoms with van der Waals surface area (Å²) in [5, 5.41) is 1.99. The Bertz CT molecular complexity index is 2600. The van der Waals surface area contributed by atoms with Crippen molar-refractivity contribution in [2.75, 3.05) is 0 Å². The molecule has 0 N–H and O–H groups in total. The zero-order chi connectivity index (χ0) is 33.4. The number of hydrogen-bond acceptors (Lipinski definition) is 4. The first-order chi connectivity index (χ1) is 24.7. The fraction of sp³-hybridized carbons (Fsp3) is 0. The number of halogens is 1. The molecule has 0 fully saturated rings. The Labute approximate surface area is 297 Å². The summed E-state index contributed by atoms with van der Waals surface area (Å²) in [6.45, 7) is 0. The second-order valence-corrected chi connectivity index (χ2v) is 13.1. The van der Waals surface area contributed by atoms with Crippen LogP contribution in [0.4, 0.5) is 0 Å². The highest BCUT2D eigenvalue weighted by Gasteiger charge is 2.18. The highest BCUT2D eigenvalue weighted by molar-refractivity contribution is 9.10. The summed E-state index contributed by atoms with van der Waals surface area (Å²) in [5.74, 6) is 1.81. The quantitative estimate of drug-likeness (QED) is 0.173. The van der Waals surface area contributed by atoms with Gasteiger partial charge in [-0.15, -0.1) is 0 Å². The third-order valence-corrected chi connectivity index (χ3v) is 9.46. The van der Waals surface area contributed by atoms with Gasteiger partial charge in [-0.25, -0.2) is 15.0 Å². The van der Waals surface area contributed by atoms with E-state index in [1.165, 1.54) is 11.1 Å². The van der Waals surface area contributed by atoms with Gasteiger partial charge in [0, 0.05) is 31.9 Å². The second-order valence-electron chi connectivity index (χ2n) is 12.2. The van der Waals surface area contributed by atoms with Crippen molar-refractivity contribution in [3.8, 4) is 67.5 Å². The topological polar surface area (TPSA) is 51.8 Å². The molecule has 4 nitrogen and oxygen atoms in total. The van der Waals surface area contributed by atoms with Gasteiger partial charge in [-0.1, -0.05) is 137 Å². The number of nitrogens with zero attached hydrogens (tertiary/aromatic N) is 3. The number of fused-ring (bicyclic) bond motifs is 3. The van der Waals surface area contributed by atoms with E-state index in [0.29, 0.717) is 17.5 Å². The first-order valence-electron chi connectivity index (χ1n) is 16.5. The summed E-state index contributed by atoms with van der Waals surface area (Å²) in [7, 11) is 0. The van der Waals surface area contributed by atoms with E-state index in [4.69, 9.17) is 19.4 Å². The zero-order valence-corrected chi connectivity index (χ0v) is 28.4. The molecule has 0 bridgehead atoms. The zero-order valence-electron chi connectivity index (χ0n) is 26.8. The molecule has 0 atom stereocenters. The molecule has 50 heavy (non-hydrogen) atoms. The van der Waals surface area contributed by atoms with Crippen LogP contribution in [-0.4, -0.2) is 15.0 Å². The molecular weight excluding hydrogens is 678 g/mol. The van der Waals surface area contributed by atoms with E-state index in [1.807, 2.05) is 54.6 Å². The fourth-order valence-electron chi connectivity index (χ4n) is 6.55. The van der Waals surface area contributed by atoms with Crippen LogP contribution >= 0.6 is 15.9 Å². The molecule has 236 valence electrons. The summed E-state index contributed by atoms with van der Waals surface area (Å²) in [5.41, 5.74) is 11.2. The van der Waals surface area contributed by atoms with Crippen molar-refractivity contribution in [2.24, 2.45) is 0 Å². The predicted octanol–water partition coefficient (Wildman–Crippen LogP) is 12.5. The number of hydrogen-bond donors (Lipinski definition) is 0. The van der Waals surface area contributed by atoms with E-state index >= 15 is 0 Å². The Morgan fingerprint density at radius 2 is 0.860 bits per heavy atom. The van der Waals surface area contributed by atoms with Gasteiger partial charge in [-0.05, 0) is 81.9 Å². The molecule has 9 rings (SSSR count). The van der Waals surface area contributed by atoms with Gasteiger partial charge in [0.25, 0.3) is 0 Å². The fourth-order valence-corrected chi connectivity index (χ4v) is 6.89. The lowest BCUT2D eigenvalue weighted by molar-refractivity contribution is 0.668. The molecule has 0 aliphatic heterocycles. The molecule has 0 spiro atoms. The smallest absolute Gasteiger partial charge is 0.164 e. The maximum absolute atomic E-state index is 6.27. The van der Waals surface area contributed by atoms with Crippen molar-refractivity contribution < 1.29 is 4.42 Å². The van der Waals surface area contributed by atoms with Crippen molar-refractivity contribution in [1.82, 2.24) is 15.0 Å². The average molecular weight is 707 g/mol. The summed E-state index contributed by atoms with van der Waals surface area (Å²) in [6.07, 6.45) is 0. The van der Waals surface area contributed by atoms with Gasteiger partial charge in [0.05, 0.1) is 0 Å². The molecule has 5 heteroatoms. The van der Waals surface area contributed by atoms with Gasteiger partial charge in [0.15, 0.2) is 17.5 Å². The molecule has 0 saturated heterocycles. The Morgan fingerprint density at radius 1 is 0.360 bits per heavy atom. The van der Waals surface area contributed by atoms with Crippen LogP contribution in [0.2, 0.25) is 0 Å². The third-order valence-electron chi connectivity index (χ3n) is 8.97. The van der Waals surface area contributed by atoms with Crippen LogP contribution in [0.25, 0.3) is 89.5 Å². The van der Waals surface area contributed by atoms with Crippen LogP contribution < -0.4 is 0 Å². The van der Waals surface area contributed by atoms with Crippen molar-refractivity contribution in [2.45, 2.75) is 0 Å². The number of aromatic nitrogens is 3. The molecule has 9 aromatic rings. The molecule has 0 radical (unpaired) electrons. The second kappa shape index (κ2) is 12.7. The molecule has 0 aliphatic rings. The summed E-state index contributed by atoms with van der Waals surface area (Å²) in [6, 6.07) is 58.6. The Balaban J connectivity index is 1.22. The lowest BCUT2D eigenvalue weighted by Gasteiger charge is -2.13. The van der Waals surface area contributed by atoms with E-state index in [2.05, 4.69) is 131 Å². The molecule has 7 aromatic carbocycles. The first kappa shape index (κ1) is 29.9. The molecule has 2 aromatic heterocycles. The SMILES string of the molecule is Brc1ccc2c(c1)oc1cccc(-c3nc(-c4ccccc4)nc(-c4cccc(-c5cc(-c6ccccc6)cc(-c6ccccc6)c5)c4)n3)c12. The van der Waals surface area contributed by atoms with Crippen molar-refractivity contribution in [1.29, 1.82) is 0 Å². The van der Waals surface area contributed by atoms with Gasteiger partial charge in [0.1, 0.15) is 11.2 Å². The van der Waals surface area contributed by atoms with Gasteiger partial charge in [0.2, 0.25) is 0 Å². The van der Waals surface area contributed by atoms with Crippen LogP contribution in [-0.2, 0) is 0 Å². The molecule has 0 aliphatic carbocycles. The van der Waals surface area contributed by atoms with E-state index in [9.17, 15) is 0 Å². The molecule has 2 heterocycles. The van der Waals surface area contributed by atoms with Crippen molar-refractivity contribution in [3.05, 3.63) is 174 Å². The van der Waals surface area contributed by atoms with Crippen molar-refractivity contribution in [3.63, 3.8) is 0 Å². The van der Waals surface area contributed by atoms with Gasteiger partial charge in [-0.2, -0.15) is 0 Å². The summed E-state index contributed by atoms with van der Waals surface area (Å²) >= 11 is 3.58. The lowest BCUT2D eigenvalue weighted by atomic mass is 9.93. The first-order valence-corrected chi connectivity index (χ1v) is 17.2. The third kappa shape index (κ3) is 5.68.